The molecule has 1 aliphatic carbocycles. The zero-order valence-electron chi connectivity index (χ0n) is 16.7. The molecule has 1 aliphatic heterocycles. The first-order valence-corrected chi connectivity index (χ1v) is 12.2. The standard InChI is InChI=1S/C24H24N2O2S2/c27-22(15-19-7-4-13-29-19)26(18-8-9-18)16-23(28)25-12-10-21-20(11-14-30-21)24(25)17-5-2-1-3-6-17/h1-7,11,13-14,18,24H,8-10,12,15-16H2. The van der Waals surface area contributed by atoms with Crippen LogP contribution < -0.4 is 0 Å². The third kappa shape index (κ3) is 3.94. The van der Waals surface area contributed by atoms with Gasteiger partial charge in [0.2, 0.25) is 11.8 Å². The van der Waals surface area contributed by atoms with E-state index in [1.807, 2.05) is 45.5 Å². The van der Waals surface area contributed by atoms with Crippen LogP contribution in [0.5, 0.6) is 0 Å². The lowest BCUT2D eigenvalue weighted by atomic mass is 9.93. The number of benzene rings is 1. The van der Waals surface area contributed by atoms with Crippen molar-refractivity contribution in [3.63, 3.8) is 0 Å². The number of rotatable bonds is 6. The third-order valence-corrected chi connectivity index (χ3v) is 7.79. The van der Waals surface area contributed by atoms with Crippen LogP contribution in [0.1, 0.15) is 39.8 Å². The highest BCUT2D eigenvalue weighted by Crippen LogP contribution is 2.38. The van der Waals surface area contributed by atoms with E-state index >= 15 is 0 Å². The molecule has 5 rings (SSSR count). The zero-order chi connectivity index (χ0) is 20.5. The molecule has 4 nitrogen and oxygen atoms in total. The molecule has 2 aliphatic rings. The molecule has 1 fully saturated rings. The first-order valence-electron chi connectivity index (χ1n) is 10.4. The van der Waals surface area contributed by atoms with Crippen molar-refractivity contribution < 1.29 is 9.59 Å². The summed E-state index contributed by atoms with van der Waals surface area (Å²) in [6.07, 6.45) is 3.27. The number of carbonyl (C=O) groups excluding carboxylic acids is 2. The maximum Gasteiger partial charge on any atom is 0.243 e. The van der Waals surface area contributed by atoms with Gasteiger partial charge in [-0.1, -0.05) is 36.4 Å². The summed E-state index contributed by atoms with van der Waals surface area (Å²) in [4.78, 5) is 32.7. The molecule has 0 N–H and O–H groups in total. The Bertz CT molecular complexity index is 1020. The molecule has 1 saturated carbocycles. The first kappa shape index (κ1) is 19.5. The van der Waals surface area contributed by atoms with Crippen LogP contribution in [0.4, 0.5) is 0 Å². The molecule has 2 aromatic heterocycles. The van der Waals surface area contributed by atoms with E-state index < -0.39 is 0 Å². The minimum absolute atomic E-state index is 0.0483. The van der Waals surface area contributed by atoms with E-state index in [9.17, 15) is 9.59 Å². The van der Waals surface area contributed by atoms with Crippen LogP contribution in [0.3, 0.4) is 0 Å². The lowest BCUT2D eigenvalue weighted by molar-refractivity contribution is -0.141. The highest BCUT2D eigenvalue weighted by atomic mass is 32.1. The summed E-state index contributed by atoms with van der Waals surface area (Å²) in [6, 6.07) is 16.5. The minimum Gasteiger partial charge on any atom is -0.330 e. The Morgan fingerprint density at radius 1 is 1.00 bits per heavy atom. The Balaban J connectivity index is 1.38. The molecular formula is C24H24N2O2S2. The van der Waals surface area contributed by atoms with Gasteiger partial charge in [0.1, 0.15) is 6.54 Å². The van der Waals surface area contributed by atoms with Gasteiger partial charge in [0.15, 0.2) is 0 Å². The quantitative estimate of drug-likeness (QED) is 0.570. The Labute approximate surface area is 184 Å². The van der Waals surface area contributed by atoms with Crippen LogP contribution in [0, 0.1) is 0 Å². The summed E-state index contributed by atoms with van der Waals surface area (Å²) < 4.78 is 0. The molecule has 1 atom stereocenters. The molecule has 0 spiro atoms. The maximum atomic E-state index is 13.5. The molecule has 0 radical (unpaired) electrons. The van der Waals surface area contributed by atoms with Gasteiger partial charge in [-0.3, -0.25) is 9.59 Å². The van der Waals surface area contributed by atoms with Crippen molar-refractivity contribution in [2.45, 2.75) is 37.8 Å². The smallest absolute Gasteiger partial charge is 0.243 e. The van der Waals surface area contributed by atoms with Gasteiger partial charge in [-0.2, -0.15) is 0 Å². The number of fused-ring (bicyclic) bond motifs is 1. The van der Waals surface area contributed by atoms with Crippen molar-refractivity contribution in [1.82, 2.24) is 9.80 Å². The predicted molar refractivity (Wildman–Crippen MR) is 121 cm³/mol. The lowest BCUT2D eigenvalue weighted by Gasteiger charge is -2.37. The van der Waals surface area contributed by atoms with Crippen molar-refractivity contribution in [2.24, 2.45) is 0 Å². The summed E-state index contributed by atoms with van der Waals surface area (Å²) >= 11 is 3.37. The van der Waals surface area contributed by atoms with Crippen LogP contribution in [0.2, 0.25) is 0 Å². The normalized spacial score (nSPS) is 18.1. The van der Waals surface area contributed by atoms with Crippen molar-refractivity contribution in [3.8, 4) is 0 Å². The van der Waals surface area contributed by atoms with Crippen molar-refractivity contribution in [2.75, 3.05) is 13.1 Å². The maximum absolute atomic E-state index is 13.5. The monoisotopic (exact) mass is 436 g/mol. The summed E-state index contributed by atoms with van der Waals surface area (Å²) in [5.41, 5.74) is 2.36. The van der Waals surface area contributed by atoms with Crippen LogP contribution >= 0.6 is 22.7 Å². The molecule has 0 bridgehead atoms. The van der Waals surface area contributed by atoms with E-state index in [1.165, 1.54) is 10.4 Å². The van der Waals surface area contributed by atoms with Gasteiger partial charge in [-0.05, 0) is 53.3 Å². The van der Waals surface area contributed by atoms with Crippen molar-refractivity contribution in [3.05, 3.63) is 80.2 Å². The van der Waals surface area contributed by atoms with Crippen LogP contribution in [0.25, 0.3) is 0 Å². The number of hydrogen-bond acceptors (Lipinski definition) is 4. The Morgan fingerprint density at radius 3 is 2.57 bits per heavy atom. The second kappa shape index (κ2) is 8.36. The number of amides is 2. The molecule has 0 saturated heterocycles. The predicted octanol–water partition coefficient (Wildman–Crippen LogP) is 4.52. The van der Waals surface area contributed by atoms with Crippen molar-refractivity contribution >= 4 is 34.5 Å². The van der Waals surface area contributed by atoms with E-state index in [1.54, 1.807) is 22.7 Å². The third-order valence-electron chi connectivity index (χ3n) is 5.92. The topological polar surface area (TPSA) is 40.6 Å². The molecule has 3 heterocycles. The van der Waals surface area contributed by atoms with E-state index in [-0.39, 0.29) is 30.4 Å². The van der Waals surface area contributed by atoms with E-state index in [0.29, 0.717) is 13.0 Å². The molecular weight excluding hydrogens is 412 g/mol. The first-order chi connectivity index (χ1) is 14.7. The second-order valence-electron chi connectivity index (χ2n) is 7.96. The van der Waals surface area contributed by atoms with Gasteiger partial charge in [0, 0.05) is 22.3 Å². The summed E-state index contributed by atoms with van der Waals surface area (Å²) in [5, 5.41) is 4.11. The molecule has 6 heteroatoms. The van der Waals surface area contributed by atoms with Crippen molar-refractivity contribution in [1.29, 1.82) is 0 Å². The SMILES string of the molecule is O=C(Cc1cccs1)N(CC(=O)N1CCc2sccc2C1c1ccccc1)C1CC1. The van der Waals surface area contributed by atoms with E-state index in [2.05, 4.69) is 23.6 Å². The Kier molecular flexibility index (Phi) is 5.44. The lowest BCUT2D eigenvalue weighted by Crippen LogP contribution is -2.47. The fourth-order valence-electron chi connectivity index (χ4n) is 4.29. The van der Waals surface area contributed by atoms with Gasteiger partial charge < -0.3 is 9.80 Å². The minimum atomic E-state index is -0.0675. The second-order valence-corrected chi connectivity index (χ2v) is 9.99. The van der Waals surface area contributed by atoms with Gasteiger partial charge >= 0.3 is 0 Å². The van der Waals surface area contributed by atoms with Gasteiger partial charge in [0.25, 0.3) is 0 Å². The van der Waals surface area contributed by atoms with Gasteiger partial charge in [-0.15, -0.1) is 22.7 Å². The Morgan fingerprint density at radius 2 is 1.83 bits per heavy atom. The fraction of sp³-hybridized carbons (Fsp3) is 0.333. The van der Waals surface area contributed by atoms with Gasteiger partial charge in [-0.25, -0.2) is 0 Å². The number of nitrogens with zero attached hydrogens (tertiary/aromatic N) is 2. The number of thiophene rings is 2. The molecule has 30 heavy (non-hydrogen) atoms. The zero-order valence-corrected chi connectivity index (χ0v) is 18.3. The van der Waals surface area contributed by atoms with E-state index in [4.69, 9.17) is 0 Å². The molecule has 2 amide bonds. The highest BCUT2D eigenvalue weighted by Gasteiger charge is 2.38. The fourth-order valence-corrected chi connectivity index (χ4v) is 5.89. The molecule has 1 unspecified atom stereocenters. The van der Waals surface area contributed by atoms with E-state index in [0.717, 1.165) is 29.7 Å². The Hall–Kier alpha value is -2.44. The summed E-state index contributed by atoms with van der Waals surface area (Å²) in [7, 11) is 0. The van der Waals surface area contributed by atoms with Crippen LogP contribution in [-0.4, -0.2) is 40.7 Å². The number of hydrogen-bond donors (Lipinski definition) is 0. The van der Waals surface area contributed by atoms with Crippen LogP contribution in [-0.2, 0) is 22.4 Å². The van der Waals surface area contributed by atoms with Crippen LogP contribution in [0.15, 0.2) is 59.3 Å². The number of carbonyl (C=O) groups is 2. The summed E-state index contributed by atoms with van der Waals surface area (Å²) in [6.45, 7) is 0.876. The van der Waals surface area contributed by atoms with Gasteiger partial charge in [0.05, 0.1) is 12.5 Å². The largest absolute Gasteiger partial charge is 0.330 e. The summed E-state index contributed by atoms with van der Waals surface area (Å²) in [5.74, 6) is 0.116. The molecule has 3 aromatic rings. The molecule has 1 aromatic carbocycles. The molecule has 154 valence electrons. The average molecular weight is 437 g/mol. The highest BCUT2D eigenvalue weighted by molar-refractivity contribution is 7.10. The average Bonchev–Trinajstić information content (AvgIpc) is 3.26.